The molecule has 0 bridgehead atoms. The van der Waals surface area contributed by atoms with Crippen molar-refractivity contribution in [2.75, 3.05) is 5.43 Å². The summed E-state index contributed by atoms with van der Waals surface area (Å²) >= 11 is 6.20. The molecule has 0 saturated heterocycles. The van der Waals surface area contributed by atoms with E-state index in [-0.39, 0.29) is 5.11 Å². The highest BCUT2D eigenvalue weighted by Crippen LogP contribution is 2.24. The molecule has 1 aromatic heterocycles. The first-order chi connectivity index (χ1) is 6.75. The number of anilines is 1. The van der Waals surface area contributed by atoms with E-state index in [0.717, 1.165) is 15.3 Å². The molecule has 0 radical (unpaired) electrons. The highest BCUT2D eigenvalue weighted by Gasteiger charge is 2.01. The summed E-state index contributed by atoms with van der Waals surface area (Å²) in [5.41, 5.74) is 11.7. The van der Waals surface area contributed by atoms with Crippen molar-refractivity contribution in [3.8, 4) is 0 Å². The van der Waals surface area contributed by atoms with Gasteiger partial charge in [0.2, 0.25) is 5.13 Å². The summed E-state index contributed by atoms with van der Waals surface area (Å²) in [6.07, 6.45) is 0. The highest BCUT2D eigenvalue weighted by atomic mass is 32.1. The molecule has 0 saturated carbocycles. The van der Waals surface area contributed by atoms with Gasteiger partial charge in [-0.3, -0.25) is 10.9 Å². The summed E-state index contributed by atoms with van der Waals surface area (Å²) in [4.78, 5) is 4.31. The van der Waals surface area contributed by atoms with Gasteiger partial charge in [0.05, 0.1) is 10.2 Å². The zero-order chi connectivity index (χ0) is 9.97. The van der Waals surface area contributed by atoms with Crippen LogP contribution in [0.15, 0.2) is 24.3 Å². The van der Waals surface area contributed by atoms with E-state index in [1.165, 1.54) is 11.3 Å². The Morgan fingerprint density at radius 1 is 1.43 bits per heavy atom. The number of benzene rings is 1. The van der Waals surface area contributed by atoms with Crippen molar-refractivity contribution in [2.24, 2.45) is 5.73 Å². The van der Waals surface area contributed by atoms with Crippen LogP contribution in [0.2, 0.25) is 0 Å². The van der Waals surface area contributed by atoms with Gasteiger partial charge in [-0.05, 0) is 24.4 Å². The lowest BCUT2D eigenvalue weighted by molar-refractivity contribution is 1.12. The minimum absolute atomic E-state index is 0.198. The quantitative estimate of drug-likeness (QED) is 0.532. The lowest BCUT2D eigenvalue weighted by atomic mass is 10.3. The maximum absolute atomic E-state index is 5.27. The van der Waals surface area contributed by atoms with E-state index in [2.05, 4.69) is 28.1 Å². The smallest absolute Gasteiger partial charge is 0.202 e. The first-order valence-electron chi connectivity index (χ1n) is 3.93. The fraction of sp³-hybridized carbons (Fsp3) is 0. The fourth-order valence-corrected chi connectivity index (χ4v) is 1.91. The van der Waals surface area contributed by atoms with Gasteiger partial charge < -0.3 is 5.73 Å². The number of fused-ring (bicyclic) bond motifs is 1. The largest absolute Gasteiger partial charge is 0.375 e. The Kier molecular flexibility index (Phi) is 2.47. The Morgan fingerprint density at radius 2 is 2.21 bits per heavy atom. The summed E-state index contributed by atoms with van der Waals surface area (Å²) in [6, 6.07) is 7.90. The number of hydrazine groups is 1. The zero-order valence-corrected chi connectivity index (χ0v) is 8.78. The lowest BCUT2D eigenvalue weighted by Crippen LogP contribution is -2.33. The number of hydrogen-bond acceptors (Lipinski definition) is 4. The van der Waals surface area contributed by atoms with Crippen LogP contribution in [0, 0.1) is 0 Å². The normalized spacial score (nSPS) is 10.0. The second-order valence-corrected chi connectivity index (χ2v) is 4.07. The molecule has 2 aromatic rings. The minimum Gasteiger partial charge on any atom is -0.375 e. The third-order valence-corrected chi connectivity index (χ3v) is 2.64. The molecule has 1 aromatic carbocycles. The fourth-order valence-electron chi connectivity index (χ4n) is 1.04. The number of thiocarbonyl (C=S) groups is 1. The average Bonchev–Trinajstić information content (AvgIpc) is 2.57. The number of nitrogens with two attached hydrogens (primary N) is 1. The van der Waals surface area contributed by atoms with Crippen LogP contribution in [0.1, 0.15) is 0 Å². The SMILES string of the molecule is NC(=S)NNc1nc2ccccc2s1. The molecular formula is C8H8N4S2. The molecule has 0 fully saturated rings. The van der Waals surface area contributed by atoms with E-state index in [1.807, 2.05) is 24.3 Å². The summed E-state index contributed by atoms with van der Waals surface area (Å²) in [6.45, 7) is 0. The van der Waals surface area contributed by atoms with Crippen LogP contribution in [0.25, 0.3) is 10.2 Å². The number of para-hydroxylation sites is 1. The van der Waals surface area contributed by atoms with E-state index in [0.29, 0.717) is 0 Å². The van der Waals surface area contributed by atoms with Gasteiger partial charge in [-0.1, -0.05) is 23.5 Å². The molecule has 0 aliphatic rings. The Labute approximate surface area is 90.1 Å². The number of hydrogen-bond donors (Lipinski definition) is 3. The van der Waals surface area contributed by atoms with Crippen molar-refractivity contribution < 1.29 is 0 Å². The molecule has 4 nitrogen and oxygen atoms in total. The Morgan fingerprint density at radius 3 is 2.93 bits per heavy atom. The van der Waals surface area contributed by atoms with Crippen molar-refractivity contribution in [3.05, 3.63) is 24.3 Å². The molecule has 72 valence electrons. The minimum atomic E-state index is 0.198. The molecular weight excluding hydrogens is 216 g/mol. The molecule has 4 N–H and O–H groups in total. The zero-order valence-electron chi connectivity index (χ0n) is 7.15. The molecule has 0 spiro atoms. The topological polar surface area (TPSA) is 63.0 Å². The van der Waals surface area contributed by atoms with Gasteiger partial charge in [0.1, 0.15) is 0 Å². The van der Waals surface area contributed by atoms with Crippen LogP contribution in [0.5, 0.6) is 0 Å². The van der Waals surface area contributed by atoms with Gasteiger partial charge in [-0.15, -0.1) is 0 Å². The van der Waals surface area contributed by atoms with Crippen molar-refractivity contribution in [1.82, 2.24) is 10.4 Å². The number of nitrogens with zero attached hydrogens (tertiary/aromatic N) is 1. The van der Waals surface area contributed by atoms with E-state index in [1.54, 1.807) is 0 Å². The van der Waals surface area contributed by atoms with Crippen molar-refractivity contribution in [3.63, 3.8) is 0 Å². The second kappa shape index (κ2) is 3.77. The molecule has 0 atom stereocenters. The first kappa shape index (κ1) is 9.17. The van der Waals surface area contributed by atoms with Gasteiger partial charge in [0.15, 0.2) is 5.11 Å². The summed E-state index contributed by atoms with van der Waals surface area (Å²) in [7, 11) is 0. The van der Waals surface area contributed by atoms with Crippen LogP contribution in [0.3, 0.4) is 0 Å². The molecule has 1 heterocycles. The molecule has 0 aliphatic heterocycles. The average molecular weight is 224 g/mol. The van der Waals surface area contributed by atoms with Gasteiger partial charge in [0, 0.05) is 0 Å². The van der Waals surface area contributed by atoms with E-state index >= 15 is 0 Å². The van der Waals surface area contributed by atoms with Crippen LogP contribution in [-0.4, -0.2) is 10.1 Å². The molecule has 0 aliphatic carbocycles. The van der Waals surface area contributed by atoms with E-state index in [4.69, 9.17) is 5.73 Å². The summed E-state index contributed by atoms with van der Waals surface area (Å²) < 4.78 is 1.12. The second-order valence-electron chi connectivity index (χ2n) is 2.60. The van der Waals surface area contributed by atoms with Gasteiger partial charge in [-0.2, -0.15) is 0 Å². The molecule has 6 heteroatoms. The maximum atomic E-state index is 5.27. The maximum Gasteiger partial charge on any atom is 0.202 e. The molecule has 0 unspecified atom stereocenters. The first-order valence-corrected chi connectivity index (χ1v) is 5.15. The van der Waals surface area contributed by atoms with Gasteiger partial charge in [0.25, 0.3) is 0 Å². The predicted molar refractivity (Wildman–Crippen MR) is 63.2 cm³/mol. The van der Waals surface area contributed by atoms with Crippen LogP contribution >= 0.6 is 23.6 Å². The summed E-state index contributed by atoms with van der Waals surface area (Å²) in [5.74, 6) is 0. The van der Waals surface area contributed by atoms with Crippen molar-refractivity contribution in [1.29, 1.82) is 0 Å². The van der Waals surface area contributed by atoms with Crippen molar-refractivity contribution in [2.45, 2.75) is 0 Å². The monoisotopic (exact) mass is 224 g/mol. The molecule has 14 heavy (non-hydrogen) atoms. The number of thiazole rings is 1. The predicted octanol–water partition coefficient (Wildman–Crippen LogP) is 1.46. The van der Waals surface area contributed by atoms with Crippen LogP contribution < -0.4 is 16.6 Å². The van der Waals surface area contributed by atoms with Crippen molar-refractivity contribution >= 4 is 44.0 Å². The lowest BCUT2D eigenvalue weighted by Gasteiger charge is -2.01. The standard InChI is InChI=1S/C8H8N4S2/c9-7(13)11-12-8-10-5-3-1-2-4-6(5)14-8/h1-4H,(H,10,12)(H3,9,11,13). The Balaban J connectivity index is 2.22. The molecule has 0 amide bonds. The van der Waals surface area contributed by atoms with Gasteiger partial charge in [-0.25, -0.2) is 4.98 Å². The highest BCUT2D eigenvalue weighted by molar-refractivity contribution is 7.80. The van der Waals surface area contributed by atoms with Crippen LogP contribution in [-0.2, 0) is 0 Å². The molecule has 2 rings (SSSR count). The number of aromatic nitrogens is 1. The summed E-state index contributed by atoms with van der Waals surface area (Å²) in [5, 5.41) is 0.947. The van der Waals surface area contributed by atoms with Crippen LogP contribution in [0.4, 0.5) is 5.13 Å². The van der Waals surface area contributed by atoms with Gasteiger partial charge >= 0.3 is 0 Å². The number of rotatable bonds is 2. The van der Waals surface area contributed by atoms with E-state index in [9.17, 15) is 0 Å². The Bertz CT molecular complexity index is 432. The third-order valence-electron chi connectivity index (χ3n) is 1.59. The van der Waals surface area contributed by atoms with E-state index < -0.39 is 0 Å². The third kappa shape index (κ3) is 1.91. The number of nitrogens with one attached hydrogen (secondary N) is 2. The Hall–Kier alpha value is -1.40.